The van der Waals surface area contributed by atoms with E-state index in [1.807, 2.05) is 20.8 Å². The van der Waals surface area contributed by atoms with Gasteiger partial charge in [0.2, 0.25) is 11.8 Å². The second-order valence-electron chi connectivity index (χ2n) is 7.31. The van der Waals surface area contributed by atoms with Gasteiger partial charge in [-0.15, -0.1) is 0 Å². The molecule has 100 valence electrons. The van der Waals surface area contributed by atoms with E-state index in [2.05, 4.69) is 24.3 Å². The second kappa shape index (κ2) is 3.20. The number of hydrogen-bond donors (Lipinski definition) is 0. The van der Waals surface area contributed by atoms with Crippen molar-refractivity contribution in [1.82, 2.24) is 4.90 Å². The van der Waals surface area contributed by atoms with Crippen LogP contribution in [-0.2, 0) is 9.59 Å². The fourth-order valence-electron chi connectivity index (χ4n) is 4.55. The zero-order valence-electron chi connectivity index (χ0n) is 11.5. The van der Waals surface area contributed by atoms with Crippen LogP contribution in [0.15, 0.2) is 24.3 Å². The standard InChI is InChI=1S/C16H19NO2/c1-16(2,3)17-14(18)12-10-6-7-11(13(12)15(17)19)9-5-4-8(9)10/h4-13H,1-3H3/t8-,9+,10-,11+,12-,13+. The van der Waals surface area contributed by atoms with Crippen LogP contribution in [0.5, 0.6) is 0 Å². The molecule has 1 heterocycles. The fraction of sp³-hybridized carbons (Fsp3) is 0.625. The van der Waals surface area contributed by atoms with Crippen molar-refractivity contribution in [2.24, 2.45) is 35.5 Å². The minimum absolute atomic E-state index is 0.0561. The zero-order valence-corrected chi connectivity index (χ0v) is 11.5. The fourth-order valence-corrected chi connectivity index (χ4v) is 4.55. The van der Waals surface area contributed by atoms with Gasteiger partial charge in [-0.1, -0.05) is 24.3 Å². The number of likely N-dealkylation sites (tertiary alicyclic amines) is 1. The van der Waals surface area contributed by atoms with Gasteiger partial charge in [-0.2, -0.15) is 0 Å². The quantitative estimate of drug-likeness (QED) is 0.492. The van der Waals surface area contributed by atoms with Crippen LogP contribution in [0.25, 0.3) is 0 Å². The first-order valence-electron chi connectivity index (χ1n) is 7.16. The highest BCUT2D eigenvalue weighted by Gasteiger charge is 2.63. The van der Waals surface area contributed by atoms with Crippen molar-refractivity contribution in [3.05, 3.63) is 24.3 Å². The van der Waals surface area contributed by atoms with Crippen LogP contribution < -0.4 is 0 Å². The monoisotopic (exact) mass is 257 g/mol. The highest BCUT2D eigenvalue weighted by atomic mass is 16.2. The number of hydrogen-bond acceptors (Lipinski definition) is 2. The Bertz CT molecular complexity index is 499. The number of carbonyl (C=O) groups is 2. The summed E-state index contributed by atoms with van der Waals surface area (Å²) >= 11 is 0. The van der Waals surface area contributed by atoms with Crippen LogP contribution in [0, 0.1) is 35.5 Å². The lowest BCUT2D eigenvalue weighted by Crippen LogP contribution is -2.50. The molecule has 19 heavy (non-hydrogen) atoms. The molecule has 0 spiro atoms. The number of amides is 2. The van der Waals surface area contributed by atoms with Crippen molar-refractivity contribution in [1.29, 1.82) is 0 Å². The molecule has 0 unspecified atom stereocenters. The van der Waals surface area contributed by atoms with Gasteiger partial charge in [0.05, 0.1) is 11.8 Å². The van der Waals surface area contributed by atoms with Crippen LogP contribution >= 0.6 is 0 Å². The molecular weight excluding hydrogens is 238 g/mol. The van der Waals surface area contributed by atoms with Gasteiger partial charge >= 0.3 is 0 Å². The van der Waals surface area contributed by atoms with E-state index in [0.717, 1.165) is 0 Å². The maximum atomic E-state index is 12.7. The predicted octanol–water partition coefficient (Wildman–Crippen LogP) is 2.00. The lowest BCUT2D eigenvalue weighted by atomic mass is 9.50. The first-order valence-corrected chi connectivity index (χ1v) is 7.16. The Morgan fingerprint density at radius 1 is 0.789 bits per heavy atom. The molecule has 0 aromatic heterocycles. The zero-order chi connectivity index (χ0) is 13.5. The van der Waals surface area contributed by atoms with Crippen molar-refractivity contribution in [2.45, 2.75) is 26.3 Å². The highest BCUT2D eigenvalue weighted by Crippen LogP contribution is 2.59. The van der Waals surface area contributed by atoms with E-state index in [4.69, 9.17) is 0 Å². The lowest BCUT2D eigenvalue weighted by molar-refractivity contribution is -0.145. The van der Waals surface area contributed by atoms with E-state index in [9.17, 15) is 9.59 Å². The second-order valence-corrected chi connectivity index (χ2v) is 7.31. The van der Waals surface area contributed by atoms with Gasteiger partial charge in [0.25, 0.3) is 0 Å². The maximum Gasteiger partial charge on any atom is 0.234 e. The van der Waals surface area contributed by atoms with Crippen molar-refractivity contribution < 1.29 is 9.59 Å². The van der Waals surface area contributed by atoms with Crippen LogP contribution in [0.1, 0.15) is 20.8 Å². The summed E-state index contributed by atoms with van der Waals surface area (Å²) in [6.07, 6.45) is 8.82. The Kier molecular flexibility index (Phi) is 1.93. The van der Waals surface area contributed by atoms with E-state index in [1.54, 1.807) is 0 Å². The Labute approximate surface area is 113 Å². The van der Waals surface area contributed by atoms with Gasteiger partial charge < -0.3 is 0 Å². The van der Waals surface area contributed by atoms with Gasteiger partial charge in [0, 0.05) is 5.54 Å². The summed E-state index contributed by atoms with van der Waals surface area (Å²) < 4.78 is 0. The summed E-state index contributed by atoms with van der Waals surface area (Å²) in [4.78, 5) is 26.9. The van der Waals surface area contributed by atoms with Crippen LogP contribution in [0.2, 0.25) is 0 Å². The summed E-state index contributed by atoms with van der Waals surface area (Å²) in [6, 6.07) is 0. The molecule has 1 saturated heterocycles. The summed E-state index contributed by atoms with van der Waals surface area (Å²) in [5.74, 6) is 1.38. The molecule has 4 aliphatic carbocycles. The number of rotatable bonds is 0. The normalized spacial score (nSPS) is 46.4. The molecule has 6 atom stereocenters. The van der Waals surface area contributed by atoms with Crippen LogP contribution in [-0.4, -0.2) is 22.3 Å². The van der Waals surface area contributed by atoms with E-state index < -0.39 is 5.54 Å². The Morgan fingerprint density at radius 2 is 1.16 bits per heavy atom. The summed E-state index contributed by atoms with van der Waals surface area (Å²) in [6.45, 7) is 5.84. The van der Waals surface area contributed by atoms with Crippen molar-refractivity contribution in [3.8, 4) is 0 Å². The number of nitrogens with zero attached hydrogens (tertiary/aromatic N) is 1. The summed E-state index contributed by atoms with van der Waals surface area (Å²) in [7, 11) is 0. The van der Waals surface area contributed by atoms with E-state index in [-0.39, 0.29) is 35.5 Å². The molecule has 1 saturated carbocycles. The van der Waals surface area contributed by atoms with Crippen molar-refractivity contribution in [3.63, 3.8) is 0 Å². The number of allylic oxidation sites excluding steroid dienone is 4. The molecule has 5 rings (SSSR count). The van der Waals surface area contributed by atoms with Gasteiger partial charge in [-0.05, 0) is 44.4 Å². The lowest BCUT2D eigenvalue weighted by Gasteiger charge is -2.51. The minimum Gasteiger partial charge on any atom is -0.277 e. The van der Waals surface area contributed by atoms with Gasteiger partial charge in [-0.25, -0.2) is 0 Å². The molecular formula is C16H19NO2. The largest absolute Gasteiger partial charge is 0.277 e. The Morgan fingerprint density at radius 3 is 1.47 bits per heavy atom. The van der Waals surface area contributed by atoms with E-state index >= 15 is 0 Å². The third-order valence-corrected chi connectivity index (χ3v) is 5.34. The molecule has 2 amide bonds. The van der Waals surface area contributed by atoms with Gasteiger partial charge in [0.1, 0.15) is 0 Å². The molecule has 2 bridgehead atoms. The molecule has 3 nitrogen and oxygen atoms in total. The predicted molar refractivity (Wildman–Crippen MR) is 70.8 cm³/mol. The first kappa shape index (κ1) is 11.4. The maximum absolute atomic E-state index is 12.7. The summed E-state index contributed by atoms with van der Waals surface area (Å²) in [5, 5.41) is 0. The van der Waals surface area contributed by atoms with Crippen LogP contribution in [0.3, 0.4) is 0 Å². The SMILES string of the molecule is CC(C)(C)N1C(=O)[C@@H]2[C@@H]3C=C[C@@H]([C@H]4C=C[C@H]43)[C@@H]2C1=O. The molecule has 5 aliphatic rings. The number of imide groups is 1. The van der Waals surface area contributed by atoms with E-state index in [1.165, 1.54) is 4.90 Å². The topological polar surface area (TPSA) is 37.4 Å². The Balaban J connectivity index is 1.80. The average molecular weight is 257 g/mol. The third kappa shape index (κ3) is 1.19. The number of carbonyl (C=O) groups excluding carboxylic acids is 2. The molecule has 2 fully saturated rings. The smallest absolute Gasteiger partial charge is 0.234 e. The molecule has 1 aliphatic heterocycles. The van der Waals surface area contributed by atoms with Crippen molar-refractivity contribution in [2.75, 3.05) is 0 Å². The molecule has 3 heteroatoms. The highest BCUT2D eigenvalue weighted by molar-refractivity contribution is 6.06. The van der Waals surface area contributed by atoms with E-state index in [0.29, 0.717) is 11.8 Å². The molecule has 0 aromatic rings. The van der Waals surface area contributed by atoms with Gasteiger partial charge in [0.15, 0.2) is 0 Å². The first-order chi connectivity index (χ1) is 8.91. The third-order valence-electron chi connectivity index (χ3n) is 5.34. The minimum atomic E-state index is -0.405. The Hall–Kier alpha value is -1.38. The molecule has 0 radical (unpaired) electrons. The summed E-state index contributed by atoms with van der Waals surface area (Å²) in [5.41, 5.74) is -0.405. The molecule has 0 N–H and O–H groups in total. The average Bonchev–Trinajstić information content (AvgIpc) is 2.52. The van der Waals surface area contributed by atoms with Crippen LogP contribution in [0.4, 0.5) is 0 Å². The molecule has 0 aromatic carbocycles. The van der Waals surface area contributed by atoms with Crippen molar-refractivity contribution >= 4 is 11.8 Å². The van der Waals surface area contributed by atoms with Gasteiger partial charge in [-0.3, -0.25) is 14.5 Å².